The predicted octanol–water partition coefficient (Wildman–Crippen LogP) is 3.70. The van der Waals surface area contributed by atoms with Crippen molar-refractivity contribution >= 4 is 50.7 Å². The molecule has 0 saturated heterocycles. The van der Waals surface area contributed by atoms with Crippen molar-refractivity contribution in [2.24, 2.45) is 0 Å². The fourth-order valence-corrected chi connectivity index (χ4v) is 4.38. The van der Waals surface area contributed by atoms with Gasteiger partial charge in [-0.25, -0.2) is 8.42 Å². The minimum atomic E-state index is -3.84. The van der Waals surface area contributed by atoms with Crippen LogP contribution in [0, 0.1) is 0 Å². The lowest BCUT2D eigenvalue weighted by Gasteiger charge is -2.31. The molecular formula is C22H27Cl2N3O4S. The third-order valence-corrected chi connectivity index (χ3v) is 6.63. The van der Waals surface area contributed by atoms with Crippen molar-refractivity contribution in [2.45, 2.75) is 32.9 Å². The van der Waals surface area contributed by atoms with Gasteiger partial charge in [-0.3, -0.25) is 13.9 Å². The fourth-order valence-electron chi connectivity index (χ4n) is 3.04. The third kappa shape index (κ3) is 6.85. The second kappa shape index (κ2) is 11.5. The Kier molecular flexibility index (Phi) is 9.36. The van der Waals surface area contributed by atoms with Gasteiger partial charge in [-0.05, 0) is 37.1 Å². The number of amides is 2. The molecule has 0 aliphatic carbocycles. The van der Waals surface area contributed by atoms with Crippen molar-refractivity contribution in [3.8, 4) is 0 Å². The standard InChI is InChI=1S/C22H27Cl2N3O4S/c1-4-13-25-22(29)16(2)26(14-17-9-5-6-10-18(17)23)21(28)15-27(32(3,30)31)20-12-8-7-11-19(20)24/h5-12,16H,4,13-15H2,1-3H3,(H,25,29)/t16-/m1/s1. The molecule has 10 heteroatoms. The lowest BCUT2D eigenvalue weighted by Crippen LogP contribution is -2.51. The minimum Gasteiger partial charge on any atom is -0.354 e. The second-order valence-electron chi connectivity index (χ2n) is 7.30. The summed E-state index contributed by atoms with van der Waals surface area (Å²) in [5.41, 5.74) is 0.826. The zero-order valence-electron chi connectivity index (χ0n) is 18.2. The zero-order valence-corrected chi connectivity index (χ0v) is 20.5. The first-order chi connectivity index (χ1) is 15.1. The van der Waals surface area contributed by atoms with Gasteiger partial charge in [0, 0.05) is 18.1 Å². The molecule has 1 N–H and O–H groups in total. The van der Waals surface area contributed by atoms with Crippen LogP contribution in [-0.4, -0.2) is 50.5 Å². The van der Waals surface area contributed by atoms with Gasteiger partial charge in [0.15, 0.2) is 0 Å². The number of sulfonamides is 1. The van der Waals surface area contributed by atoms with Crippen LogP contribution in [0.3, 0.4) is 0 Å². The lowest BCUT2D eigenvalue weighted by atomic mass is 10.1. The van der Waals surface area contributed by atoms with E-state index in [1.807, 2.05) is 6.92 Å². The molecule has 2 amide bonds. The number of anilines is 1. The molecule has 0 aliphatic rings. The number of carbonyl (C=O) groups excluding carboxylic acids is 2. The first kappa shape index (κ1) is 26.0. The Labute approximate surface area is 199 Å². The Balaban J connectivity index is 2.40. The molecule has 1 atom stereocenters. The summed E-state index contributed by atoms with van der Waals surface area (Å²) in [5, 5.41) is 3.41. The number of rotatable bonds is 10. The summed E-state index contributed by atoms with van der Waals surface area (Å²) in [4.78, 5) is 27.3. The average molecular weight is 500 g/mol. The van der Waals surface area contributed by atoms with Crippen LogP contribution in [0.25, 0.3) is 0 Å². The SMILES string of the molecule is CCCNC(=O)[C@@H](C)N(Cc1ccccc1Cl)C(=O)CN(c1ccccc1Cl)S(C)(=O)=O. The van der Waals surface area contributed by atoms with Gasteiger partial charge in [-0.15, -0.1) is 0 Å². The van der Waals surface area contributed by atoms with Crippen LogP contribution in [0.1, 0.15) is 25.8 Å². The highest BCUT2D eigenvalue weighted by molar-refractivity contribution is 7.92. The molecule has 0 aromatic heterocycles. The Morgan fingerprint density at radius 2 is 1.62 bits per heavy atom. The number of carbonyl (C=O) groups is 2. The highest BCUT2D eigenvalue weighted by Gasteiger charge is 2.30. The summed E-state index contributed by atoms with van der Waals surface area (Å²) in [7, 11) is -3.84. The van der Waals surface area contributed by atoms with E-state index in [9.17, 15) is 18.0 Å². The van der Waals surface area contributed by atoms with E-state index in [0.29, 0.717) is 17.1 Å². The number of hydrogen-bond acceptors (Lipinski definition) is 4. The maximum atomic E-state index is 13.4. The Bertz CT molecular complexity index is 1060. The molecule has 0 radical (unpaired) electrons. The topological polar surface area (TPSA) is 86.8 Å². The van der Waals surface area contributed by atoms with Crippen LogP contribution in [0.2, 0.25) is 10.0 Å². The van der Waals surface area contributed by atoms with Crippen molar-refractivity contribution in [1.29, 1.82) is 0 Å². The van der Waals surface area contributed by atoms with E-state index in [2.05, 4.69) is 5.32 Å². The van der Waals surface area contributed by atoms with Crippen LogP contribution in [-0.2, 0) is 26.2 Å². The normalized spacial score (nSPS) is 12.2. The average Bonchev–Trinajstić information content (AvgIpc) is 2.74. The molecule has 2 aromatic carbocycles. The van der Waals surface area contributed by atoms with Crippen LogP contribution in [0.4, 0.5) is 5.69 Å². The highest BCUT2D eigenvalue weighted by Crippen LogP contribution is 2.27. The summed E-state index contributed by atoms with van der Waals surface area (Å²) in [5.74, 6) is -0.898. The van der Waals surface area contributed by atoms with Crippen LogP contribution in [0.15, 0.2) is 48.5 Å². The van der Waals surface area contributed by atoms with Crippen molar-refractivity contribution < 1.29 is 18.0 Å². The first-order valence-corrected chi connectivity index (χ1v) is 12.7. The van der Waals surface area contributed by atoms with Gasteiger partial charge in [-0.2, -0.15) is 0 Å². The highest BCUT2D eigenvalue weighted by atomic mass is 35.5. The molecule has 0 unspecified atom stereocenters. The van der Waals surface area contributed by atoms with Gasteiger partial charge in [0.05, 0.1) is 17.0 Å². The summed E-state index contributed by atoms with van der Waals surface area (Å²) in [6.07, 6.45) is 1.74. The maximum absolute atomic E-state index is 13.4. The molecule has 2 rings (SSSR count). The van der Waals surface area contributed by atoms with E-state index < -0.39 is 28.5 Å². The fraction of sp³-hybridized carbons (Fsp3) is 0.364. The zero-order chi connectivity index (χ0) is 23.9. The van der Waals surface area contributed by atoms with Crippen LogP contribution in [0.5, 0.6) is 0 Å². The van der Waals surface area contributed by atoms with Crippen molar-refractivity contribution in [3.05, 3.63) is 64.1 Å². The van der Waals surface area contributed by atoms with Gasteiger partial charge in [0.1, 0.15) is 12.6 Å². The largest absolute Gasteiger partial charge is 0.354 e. The lowest BCUT2D eigenvalue weighted by molar-refractivity contribution is -0.139. The summed E-state index contributed by atoms with van der Waals surface area (Å²) >= 11 is 12.5. The Hall–Kier alpha value is -2.29. The molecule has 0 heterocycles. The number of para-hydroxylation sites is 1. The van der Waals surface area contributed by atoms with E-state index in [1.165, 1.54) is 11.0 Å². The number of nitrogens with zero attached hydrogens (tertiary/aromatic N) is 2. The molecule has 32 heavy (non-hydrogen) atoms. The molecule has 0 fully saturated rings. The molecular weight excluding hydrogens is 473 g/mol. The van der Waals surface area contributed by atoms with Crippen LogP contribution >= 0.6 is 23.2 Å². The van der Waals surface area contributed by atoms with Gasteiger partial charge < -0.3 is 10.2 Å². The van der Waals surface area contributed by atoms with Gasteiger partial charge in [0.2, 0.25) is 21.8 Å². The quantitative estimate of drug-likeness (QED) is 0.539. The van der Waals surface area contributed by atoms with E-state index in [4.69, 9.17) is 23.2 Å². The number of nitrogens with one attached hydrogen (secondary N) is 1. The maximum Gasteiger partial charge on any atom is 0.244 e. The van der Waals surface area contributed by atoms with E-state index in [0.717, 1.165) is 17.0 Å². The van der Waals surface area contributed by atoms with Crippen molar-refractivity contribution in [1.82, 2.24) is 10.2 Å². The predicted molar refractivity (Wildman–Crippen MR) is 128 cm³/mol. The van der Waals surface area contributed by atoms with Gasteiger partial charge in [-0.1, -0.05) is 60.5 Å². The van der Waals surface area contributed by atoms with Crippen molar-refractivity contribution in [3.63, 3.8) is 0 Å². The van der Waals surface area contributed by atoms with Crippen molar-refractivity contribution in [2.75, 3.05) is 23.7 Å². The minimum absolute atomic E-state index is 0.0410. The summed E-state index contributed by atoms with van der Waals surface area (Å²) in [6.45, 7) is 3.51. The first-order valence-electron chi connectivity index (χ1n) is 10.1. The number of hydrogen-bond donors (Lipinski definition) is 1. The van der Waals surface area contributed by atoms with Gasteiger partial charge >= 0.3 is 0 Å². The van der Waals surface area contributed by atoms with Crippen LogP contribution < -0.4 is 9.62 Å². The smallest absolute Gasteiger partial charge is 0.244 e. The third-order valence-electron chi connectivity index (χ3n) is 4.82. The van der Waals surface area contributed by atoms with E-state index in [-0.39, 0.29) is 23.2 Å². The summed E-state index contributed by atoms with van der Waals surface area (Å²) in [6, 6.07) is 12.5. The number of halogens is 2. The van der Waals surface area contributed by atoms with E-state index >= 15 is 0 Å². The Morgan fingerprint density at radius 3 is 2.19 bits per heavy atom. The monoisotopic (exact) mass is 499 g/mol. The molecule has 0 bridgehead atoms. The molecule has 0 aliphatic heterocycles. The second-order valence-corrected chi connectivity index (χ2v) is 10.0. The molecule has 7 nitrogen and oxygen atoms in total. The summed E-state index contributed by atoms with van der Waals surface area (Å²) < 4.78 is 25.9. The molecule has 174 valence electrons. The Morgan fingerprint density at radius 1 is 1.03 bits per heavy atom. The van der Waals surface area contributed by atoms with E-state index in [1.54, 1.807) is 49.4 Å². The molecule has 0 saturated carbocycles. The molecule has 2 aromatic rings. The van der Waals surface area contributed by atoms with Gasteiger partial charge in [0.25, 0.3) is 0 Å². The molecule has 0 spiro atoms. The number of benzene rings is 2.